The molecule has 0 bridgehead atoms. The van der Waals surface area contributed by atoms with E-state index in [4.69, 9.17) is 5.73 Å². The third-order valence-electron chi connectivity index (χ3n) is 6.57. The number of benzene rings is 2. The van der Waals surface area contributed by atoms with E-state index >= 15 is 0 Å². The predicted octanol–water partition coefficient (Wildman–Crippen LogP) is 4.58. The number of nitrogens with two attached hydrogens (primary N) is 1. The van der Waals surface area contributed by atoms with Crippen LogP contribution in [0.1, 0.15) is 33.6 Å². The minimum Gasteiger partial charge on any atom is -0.467 e. The average molecular weight is 684 g/mol. The molecule has 47 heavy (non-hydrogen) atoms. The standard InChI is InChI=1S/C31H34F5N5O5S/c1-41(2)15-14-39-22-7-4-6-19-20(17-31(34,35)36)25(47-27(19)22)8-5-13-38-21-10-9-18(16-24(21)46-30(32)33)28(43)40-23(29(44)45-3)11-12-26(37)42/h4,6-7,9-10,16,23,30,38-39H,11-15,17H2,1-3H3,(H2,37,42)(H,40,43). The summed E-state index contributed by atoms with van der Waals surface area (Å²) in [6.45, 7) is -2.14. The summed E-state index contributed by atoms with van der Waals surface area (Å²) in [6, 6.07) is 7.40. The van der Waals surface area contributed by atoms with Crippen LogP contribution in [0.15, 0.2) is 36.4 Å². The first kappa shape index (κ1) is 36.8. The second-order valence-electron chi connectivity index (χ2n) is 10.4. The van der Waals surface area contributed by atoms with Crippen LogP contribution >= 0.6 is 11.3 Å². The molecule has 0 aliphatic rings. The summed E-state index contributed by atoms with van der Waals surface area (Å²) in [5.74, 6) is 2.72. The fourth-order valence-corrected chi connectivity index (χ4v) is 5.57. The van der Waals surface area contributed by atoms with Crippen LogP contribution < -0.4 is 26.4 Å². The number of primary amides is 1. The van der Waals surface area contributed by atoms with Gasteiger partial charge in [-0.3, -0.25) is 9.59 Å². The Hall–Kier alpha value is -4.62. The molecular formula is C31H34F5N5O5S. The molecule has 0 radical (unpaired) electrons. The van der Waals surface area contributed by atoms with E-state index in [1.54, 1.807) is 18.2 Å². The van der Waals surface area contributed by atoms with Gasteiger partial charge in [0.15, 0.2) is 0 Å². The molecule has 0 aliphatic heterocycles. The molecule has 254 valence electrons. The number of hydrogen-bond donors (Lipinski definition) is 4. The summed E-state index contributed by atoms with van der Waals surface area (Å²) in [7, 11) is 4.90. The molecule has 1 atom stereocenters. The van der Waals surface area contributed by atoms with Crippen molar-refractivity contribution in [1.29, 1.82) is 0 Å². The normalized spacial score (nSPS) is 12.0. The molecule has 5 N–H and O–H groups in total. The lowest BCUT2D eigenvalue weighted by Crippen LogP contribution is -2.42. The maximum Gasteiger partial charge on any atom is 0.393 e. The topological polar surface area (TPSA) is 135 Å². The van der Waals surface area contributed by atoms with E-state index in [0.29, 0.717) is 28.9 Å². The molecule has 2 amide bonds. The van der Waals surface area contributed by atoms with Gasteiger partial charge in [-0.1, -0.05) is 24.0 Å². The number of halogens is 5. The van der Waals surface area contributed by atoms with Crippen molar-refractivity contribution >= 4 is 50.6 Å². The summed E-state index contributed by atoms with van der Waals surface area (Å²) in [5, 5.41) is 8.84. The van der Waals surface area contributed by atoms with Crippen molar-refractivity contribution in [3.05, 3.63) is 52.4 Å². The molecule has 10 nitrogen and oxygen atoms in total. The first-order chi connectivity index (χ1) is 22.2. The Bertz CT molecular complexity index is 1630. The van der Waals surface area contributed by atoms with Gasteiger partial charge < -0.3 is 36.1 Å². The van der Waals surface area contributed by atoms with Crippen molar-refractivity contribution in [3.63, 3.8) is 0 Å². The Morgan fingerprint density at radius 3 is 2.47 bits per heavy atom. The maximum atomic E-state index is 13.5. The minimum absolute atomic E-state index is 0.0219. The van der Waals surface area contributed by atoms with Crippen molar-refractivity contribution in [2.24, 2.45) is 5.73 Å². The van der Waals surface area contributed by atoms with E-state index in [9.17, 15) is 36.3 Å². The van der Waals surface area contributed by atoms with Crippen LogP contribution in [0.2, 0.25) is 0 Å². The van der Waals surface area contributed by atoms with Crippen molar-refractivity contribution in [1.82, 2.24) is 10.2 Å². The van der Waals surface area contributed by atoms with Crippen LogP contribution in [0.3, 0.4) is 0 Å². The van der Waals surface area contributed by atoms with Gasteiger partial charge in [0.05, 0.1) is 41.0 Å². The van der Waals surface area contributed by atoms with Crippen molar-refractivity contribution < 1.29 is 45.8 Å². The smallest absolute Gasteiger partial charge is 0.393 e. The first-order valence-electron chi connectivity index (χ1n) is 14.2. The third kappa shape index (κ3) is 11.3. The number of esters is 1. The number of thiophene rings is 1. The SMILES string of the molecule is COC(=O)C(CCC(N)=O)NC(=O)c1ccc(NCC#Cc2sc3c(NCCN(C)C)cccc3c2CC(F)(F)F)c(OC(F)F)c1. The Labute approximate surface area is 271 Å². The van der Waals surface area contributed by atoms with E-state index < -0.39 is 48.8 Å². The highest BCUT2D eigenvalue weighted by molar-refractivity contribution is 7.20. The number of anilines is 2. The largest absolute Gasteiger partial charge is 0.467 e. The van der Waals surface area contributed by atoms with Gasteiger partial charge >= 0.3 is 18.8 Å². The molecule has 1 aromatic heterocycles. The number of nitrogens with zero attached hydrogens (tertiary/aromatic N) is 1. The number of ether oxygens (including phenoxy) is 2. The lowest BCUT2D eigenvalue weighted by atomic mass is 10.1. The number of carbonyl (C=O) groups is 3. The number of likely N-dealkylation sites (N-methyl/N-ethyl adjacent to an activating group) is 1. The summed E-state index contributed by atoms with van der Waals surface area (Å²) < 4.78 is 76.9. The van der Waals surface area contributed by atoms with Gasteiger partial charge in [0, 0.05) is 25.1 Å². The highest BCUT2D eigenvalue weighted by Gasteiger charge is 2.31. The Kier molecular flexibility index (Phi) is 13.2. The highest BCUT2D eigenvalue weighted by Crippen LogP contribution is 2.39. The highest BCUT2D eigenvalue weighted by atomic mass is 32.1. The lowest BCUT2D eigenvalue weighted by Gasteiger charge is -2.17. The number of alkyl halides is 5. The van der Waals surface area contributed by atoms with Gasteiger partial charge in [0.2, 0.25) is 5.91 Å². The number of carbonyl (C=O) groups excluding carboxylic acids is 3. The molecule has 16 heteroatoms. The first-order valence-corrected chi connectivity index (χ1v) is 15.0. The maximum absolute atomic E-state index is 13.5. The molecule has 2 aromatic carbocycles. The monoisotopic (exact) mass is 683 g/mol. The molecule has 3 aromatic rings. The van der Waals surface area contributed by atoms with Crippen LogP contribution in [0, 0.1) is 11.8 Å². The molecule has 3 rings (SSSR count). The third-order valence-corrected chi connectivity index (χ3v) is 7.77. The summed E-state index contributed by atoms with van der Waals surface area (Å²) >= 11 is 1.12. The van der Waals surface area contributed by atoms with Crippen LogP contribution in [0.4, 0.5) is 33.3 Å². The Balaban J connectivity index is 1.84. The van der Waals surface area contributed by atoms with Gasteiger partial charge in [-0.25, -0.2) is 4.79 Å². The van der Waals surface area contributed by atoms with E-state index in [-0.39, 0.29) is 41.1 Å². The zero-order chi connectivity index (χ0) is 34.7. The van der Waals surface area contributed by atoms with Crippen molar-refractivity contribution in [2.45, 2.75) is 38.1 Å². The fourth-order valence-electron chi connectivity index (χ4n) is 4.39. The molecule has 0 spiro atoms. The van der Waals surface area contributed by atoms with Gasteiger partial charge in [0.1, 0.15) is 11.8 Å². The van der Waals surface area contributed by atoms with E-state index in [0.717, 1.165) is 24.5 Å². The zero-order valence-corrected chi connectivity index (χ0v) is 26.5. The summed E-state index contributed by atoms with van der Waals surface area (Å²) in [6.07, 6.45) is -6.03. The Morgan fingerprint density at radius 1 is 1.09 bits per heavy atom. The number of rotatable bonds is 15. The number of amides is 2. The molecular weight excluding hydrogens is 649 g/mol. The number of nitrogens with one attached hydrogen (secondary N) is 3. The molecule has 0 saturated carbocycles. The van der Waals surface area contributed by atoms with E-state index in [2.05, 4.69) is 37.3 Å². The number of fused-ring (bicyclic) bond motifs is 1. The van der Waals surface area contributed by atoms with Gasteiger partial charge in [-0.05, 0) is 55.7 Å². The van der Waals surface area contributed by atoms with Crippen LogP contribution in [-0.2, 0) is 20.7 Å². The summed E-state index contributed by atoms with van der Waals surface area (Å²) in [4.78, 5) is 38.1. The zero-order valence-electron chi connectivity index (χ0n) is 25.7. The molecule has 1 unspecified atom stereocenters. The summed E-state index contributed by atoms with van der Waals surface area (Å²) in [5.41, 5.74) is 5.71. The van der Waals surface area contributed by atoms with Crippen molar-refractivity contribution in [2.75, 3.05) is 51.5 Å². The van der Waals surface area contributed by atoms with Gasteiger partial charge in [0.25, 0.3) is 5.91 Å². The van der Waals surface area contributed by atoms with Crippen LogP contribution in [0.5, 0.6) is 5.75 Å². The molecule has 0 aliphatic carbocycles. The second kappa shape index (κ2) is 16.8. The fraction of sp³-hybridized carbons (Fsp3) is 0.387. The van der Waals surface area contributed by atoms with E-state index in [1.807, 2.05) is 19.0 Å². The van der Waals surface area contributed by atoms with Crippen molar-refractivity contribution in [3.8, 4) is 17.6 Å². The predicted molar refractivity (Wildman–Crippen MR) is 169 cm³/mol. The number of hydrogen-bond acceptors (Lipinski definition) is 9. The minimum atomic E-state index is -4.48. The second-order valence-corrected chi connectivity index (χ2v) is 11.4. The molecule has 0 saturated heterocycles. The van der Waals surface area contributed by atoms with E-state index in [1.165, 1.54) is 12.1 Å². The number of methoxy groups -OCH3 is 1. The quantitative estimate of drug-likeness (QED) is 0.104. The average Bonchev–Trinajstić information content (AvgIpc) is 3.33. The van der Waals surface area contributed by atoms with Crippen LogP contribution in [0.25, 0.3) is 10.1 Å². The van der Waals surface area contributed by atoms with Gasteiger partial charge in [-0.15, -0.1) is 11.3 Å². The lowest BCUT2D eigenvalue weighted by molar-refractivity contribution is -0.143. The molecule has 1 heterocycles. The van der Waals surface area contributed by atoms with Crippen LogP contribution in [-0.4, -0.2) is 82.4 Å². The Morgan fingerprint density at radius 2 is 1.83 bits per heavy atom. The molecule has 0 fully saturated rings. The van der Waals surface area contributed by atoms with Gasteiger partial charge in [-0.2, -0.15) is 22.0 Å².